The minimum Gasteiger partial charge on any atom is -0.384 e. The van der Waals surface area contributed by atoms with Gasteiger partial charge in [0.25, 0.3) is 5.91 Å². The number of nitrogens with two attached hydrogens (primary N) is 1. The van der Waals surface area contributed by atoms with Gasteiger partial charge in [-0.25, -0.2) is 5.43 Å². The van der Waals surface area contributed by atoms with E-state index in [0.29, 0.717) is 17.8 Å². The van der Waals surface area contributed by atoms with Crippen molar-refractivity contribution in [1.29, 1.82) is 0 Å². The van der Waals surface area contributed by atoms with E-state index in [0.717, 1.165) is 19.3 Å². The Balaban J connectivity index is 4.40. The molecule has 5 N–H and O–H groups in total. The summed E-state index contributed by atoms with van der Waals surface area (Å²) in [6.45, 7) is 6.07. The molecule has 1 atom stereocenters. The van der Waals surface area contributed by atoms with E-state index in [1.54, 1.807) is 7.05 Å². The van der Waals surface area contributed by atoms with Gasteiger partial charge in [-0.2, -0.15) is 0 Å². The largest absolute Gasteiger partial charge is 0.384 e. The predicted molar refractivity (Wildman–Crippen MR) is 70.8 cm³/mol. The zero-order valence-corrected chi connectivity index (χ0v) is 11.4. The third-order valence-corrected chi connectivity index (χ3v) is 2.58. The lowest BCUT2D eigenvalue weighted by atomic mass is 10.1. The van der Waals surface area contributed by atoms with Gasteiger partial charge in [0, 0.05) is 13.1 Å². The zero-order chi connectivity index (χ0) is 13.3. The molecule has 1 amide bonds. The van der Waals surface area contributed by atoms with Crippen LogP contribution in [0.5, 0.6) is 0 Å². The van der Waals surface area contributed by atoms with E-state index in [9.17, 15) is 4.79 Å². The Morgan fingerprint density at radius 3 is 2.47 bits per heavy atom. The van der Waals surface area contributed by atoms with Crippen LogP contribution >= 0.6 is 0 Å². The molecule has 0 aliphatic rings. The number of amides is 1. The summed E-state index contributed by atoms with van der Waals surface area (Å²) in [5.41, 5.74) is 11.8. The van der Waals surface area contributed by atoms with Crippen molar-refractivity contribution in [3.63, 3.8) is 0 Å². The lowest BCUT2D eigenvalue weighted by Gasteiger charge is -2.16. The van der Waals surface area contributed by atoms with Gasteiger partial charge in [0.05, 0.1) is 5.57 Å². The average Bonchev–Trinajstić information content (AvgIpc) is 2.27. The van der Waals surface area contributed by atoms with Gasteiger partial charge in [0.2, 0.25) is 0 Å². The van der Waals surface area contributed by atoms with Crippen LogP contribution in [0.1, 0.15) is 46.5 Å². The van der Waals surface area contributed by atoms with Crippen molar-refractivity contribution < 1.29 is 4.79 Å². The van der Waals surface area contributed by atoms with E-state index in [1.807, 2.05) is 13.8 Å². The van der Waals surface area contributed by atoms with Crippen LogP contribution in [0.2, 0.25) is 0 Å². The summed E-state index contributed by atoms with van der Waals surface area (Å²) in [5.74, 6) is 0.298. The van der Waals surface area contributed by atoms with Gasteiger partial charge in [-0.3, -0.25) is 4.79 Å². The van der Waals surface area contributed by atoms with Crippen LogP contribution in [0.25, 0.3) is 0 Å². The highest BCUT2D eigenvalue weighted by molar-refractivity contribution is 5.94. The number of nitrogens with one attached hydrogen (secondary N) is 3. The van der Waals surface area contributed by atoms with Gasteiger partial charge in [-0.05, 0) is 19.8 Å². The van der Waals surface area contributed by atoms with E-state index < -0.39 is 0 Å². The Labute approximate surface area is 104 Å². The van der Waals surface area contributed by atoms with E-state index in [2.05, 4.69) is 23.1 Å². The molecule has 0 fully saturated rings. The second kappa shape index (κ2) is 8.87. The smallest absolute Gasteiger partial charge is 0.251 e. The predicted octanol–water partition coefficient (Wildman–Crippen LogP) is 0.986. The summed E-state index contributed by atoms with van der Waals surface area (Å²) >= 11 is 0. The molecule has 0 aliphatic carbocycles. The van der Waals surface area contributed by atoms with Crippen LogP contribution in [-0.4, -0.2) is 19.0 Å². The Morgan fingerprint density at radius 1 is 1.35 bits per heavy atom. The molecule has 0 aromatic rings. The summed E-state index contributed by atoms with van der Waals surface area (Å²) in [7, 11) is 1.71. The van der Waals surface area contributed by atoms with E-state index >= 15 is 0 Å². The number of unbranched alkanes of at least 4 members (excludes halogenated alkanes) is 1. The summed E-state index contributed by atoms with van der Waals surface area (Å²) in [6.07, 6.45) is 3.86. The molecule has 0 spiro atoms. The number of hydrazine groups is 1. The minimum atomic E-state index is -0.0867. The van der Waals surface area contributed by atoms with Crippen molar-refractivity contribution in [2.75, 3.05) is 7.05 Å². The molecule has 5 nitrogen and oxygen atoms in total. The summed E-state index contributed by atoms with van der Waals surface area (Å²) in [6, 6.07) is 0.186. The van der Waals surface area contributed by atoms with Crippen LogP contribution < -0.4 is 21.9 Å². The molecule has 0 radical (unpaired) electrons. The zero-order valence-electron chi connectivity index (χ0n) is 11.4. The maximum Gasteiger partial charge on any atom is 0.251 e. The molecule has 0 saturated carbocycles. The van der Waals surface area contributed by atoms with Crippen LogP contribution in [0.15, 0.2) is 11.4 Å². The fourth-order valence-corrected chi connectivity index (χ4v) is 1.58. The SMILES string of the molecule is CCCCC(C)NC(=O)/C(CC)=C(\N)NNC. The Bertz CT molecular complexity index is 263. The van der Waals surface area contributed by atoms with Crippen molar-refractivity contribution >= 4 is 5.91 Å². The van der Waals surface area contributed by atoms with Gasteiger partial charge < -0.3 is 16.5 Å². The molecule has 0 aromatic heterocycles. The van der Waals surface area contributed by atoms with Gasteiger partial charge >= 0.3 is 0 Å². The monoisotopic (exact) mass is 242 g/mol. The summed E-state index contributed by atoms with van der Waals surface area (Å²) < 4.78 is 0. The molecular weight excluding hydrogens is 216 g/mol. The molecule has 100 valence electrons. The quantitative estimate of drug-likeness (QED) is 0.378. The van der Waals surface area contributed by atoms with Crippen molar-refractivity contribution in [3.8, 4) is 0 Å². The molecule has 0 aliphatic heterocycles. The molecular formula is C12H26N4O. The first kappa shape index (κ1) is 15.8. The van der Waals surface area contributed by atoms with Gasteiger partial charge in [-0.1, -0.05) is 26.7 Å². The van der Waals surface area contributed by atoms with Crippen LogP contribution in [0.3, 0.4) is 0 Å². The molecule has 0 aromatic carbocycles. The maximum absolute atomic E-state index is 11.9. The van der Waals surface area contributed by atoms with Crippen molar-refractivity contribution in [2.24, 2.45) is 5.73 Å². The molecule has 0 saturated heterocycles. The van der Waals surface area contributed by atoms with Crippen molar-refractivity contribution in [2.45, 2.75) is 52.5 Å². The van der Waals surface area contributed by atoms with Crippen LogP contribution in [0, 0.1) is 0 Å². The number of hydrogen-bond acceptors (Lipinski definition) is 4. The molecule has 17 heavy (non-hydrogen) atoms. The summed E-state index contributed by atoms with van der Waals surface area (Å²) in [4.78, 5) is 11.9. The van der Waals surface area contributed by atoms with E-state index in [1.165, 1.54) is 0 Å². The Morgan fingerprint density at radius 2 is 2.00 bits per heavy atom. The fourth-order valence-electron chi connectivity index (χ4n) is 1.58. The number of carbonyl (C=O) groups excluding carboxylic acids is 1. The normalized spacial score (nSPS) is 13.9. The van der Waals surface area contributed by atoms with Crippen LogP contribution in [0.4, 0.5) is 0 Å². The summed E-state index contributed by atoms with van der Waals surface area (Å²) in [5, 5.41) is 2.96. The van der Waals surface area contributed by atoms with Gasteiger partial charge in [0.15, 0.2) is 0 Å². The topological polar surface area (TPSA) is 79.2 Å². The van der Waals surface area contributed by atoms with Crippen molar-refractivity contribution in [3.05, 3.63) is 11.4 Å². The van der Waals surface area contributed by atoms with Gasteiger partial charge in [0.1, 0.15) is 5.82 Å². The first-order valence-electron chi connectivity index (χ1n) is 6.28. The molecule has 0 rings (SSSR count). The third-order valence-electron chi connectivity index (χ3n) is 2.58. The third kappa shape index (κ3) is 6.16. The number of rotatable bonds is 8. The molecule has 0 heterocycles. The number of hydrogen-bond donors (Lipinski definition) is 4. The van der Waals surface area contributed by atoms with Gasteiger partial charge in [-0.15, -0.1) is 0 Å². The second-order valence-electron chi connectivity index (χ2n) is 4.14. The Kier molecular flexibility index (Phi) is 8.23. The second-order valence-corrected chi connectivity index (χ2v) is 4.14. The van der Waals surface area contributed by atoms with Crippen molar-refractivity contribution in [1.82, 2.24) is 16.2 Å². The van der Waals surface area contributed by atoms with E-state index in [-0.39, 0.29) is 11.9 Å². The standard InChI is InChI=1S/C12H26N4O/c1-5-7-8-9(3)15-12(17)10(6-2)11(13)16-14-4/h9,14,16H,5-8,13H2,1-4H3,(H,15,17)/b11-10+. The number of carbonyl (C=O) groups is 1. The lowest BCUT2D eigenvalue weighted by molar-refractivity contribution is -0.118. The fraction of sp³-hybridized carbons (Fsp3) is 0.750. The highest BCUT2D eigenvalue weighted by Crippen LogP contribution is 2.05. The highest BCUT2D eigenvalue weighted by atomic mass is 16.1. The maximum atomic E-state index is 11.9. The molecule has 1 unspecified atom stereocenters. The first-order chi connectivity index (χ1) is 8.06. The average molecular weight is 242 g/mol. The first-order valence-corrected chi connectivity index (χ1v) is 6.28. The lowest BCUT2D eigenvalue weighted by Crippen LogP contribution is -2.38. The molecule has 5 heteroatoms. The minimum absolute atomic E-state index is 0.0867. The Hall–Kier alpha value is -1.23. The van der Waals surface area contributed by atoms with E-state index in [4.69, 9.17) is 5.73 Å². The highest BCUT2D eigenvalue weighted by Gasteiger charge is 2.14. The van der Waals surface area contributed by atoms with Crippen LogP contribution in [-0.2, 0) is 4.79 Å². The molecule has 0 bridgehead atoms.